The molecule has 1 unspecified atom stereocenters. The highest BCUT2D eigenvalue weighted by atomic mass is 32.2. The van der Waals surface area contributed by atoms with Crippen LogP contribution in [0.15, 0.2) is 35.4 Å². The van der Waals surface area contributed by atoms with E-state index in [1.165, 1.54) is 12.1 Å². The Labute approximate surface area is 211 Å². The van der Waals surface area contributed by atoms with Gasteiger partial charge in [-0.1, -0.05) is 12.8 Å². The Kier molecular flexibility index (Phi) is 6.79. The summed E-state index contributed by atoms with van der Waals surface area (Å²) in [5.41, 5.74) is 1.80. The summed E-state index contributed by atoms with van der Waals surface area (Å²) in [6.07, 6.45) is -0.513. The van der Waals surface area contributed by atoms with E-state index < -0.39 is 38.9 Å². The van der Waals surface area contributed by atoms with E-state index >= 15 is 0 Å². The van der Waals surface area contributed by atoms with Gasteiger partial charge < -0.3 is 4.57 Å². The number of sulfonamides is 1. The molecule has 1 aliphatic carbocycles. The lowest BCUT2D eigenvalue weighted by molar-refractivity contribution is -0.173. The van der Waals surface area contributed by atoms with Crippen LogP contribution in [0.1, 0.15) is 56.7 Å². The summed E-state index contributed by atoms with van der Waals surface area (Å²) in [6.45, 7) is 2.94. The van der Waals surface area contributed by atoms with Gasteiger partial charge in [-0.05, 0) is 56.5 Å². The number of benzene rings is 1. The number of fused-ring (bicyclic) bond motifs is 1. The number of alkyl halides is 3. The van der Waals surface area contributed by atoms with Gasteiger partial charge in [0.1, 0.15) is 22.8 Å². The number of pyridine rings is 1. The number of aromatic nitrogens is 2. The molecule has 1 aromatic carbocycles. The number of carbonyl (C=O) groups excluding carboxylic acids is 1. The predicted octanol–water partition coefficient (Wildman–Crippen LogP) is 5.63. The van der Waals surface area contributed by atoms with Gasteiger partial charge in [0.25, 0.3) is 10.0 Å². The van der Waals surface area contributed by atoms with Crippen molar-refractivity contribution in [2.45, 2.75) is 69.6 Å². The van der Waals surface area contributed by atoms with Crippen LogP contribution in [-0.2, 0) is 14.8 Å². The van der Waals surface area contributed by atoms with Crippen molar-refractivity contribution in [3.63, 3.8) is 0 Å². The molecule has 0 bridgehead atoms. The first-order valence-corrected chi connectivity index (χ1v) is 13.0. The molecule has 0 N–H and O–H groups in total. The minimum Gasteiger partial charge on any atom is -0.335 e. The molecule has 0 spiro atoms. The van der Waals surface area contributed by atoms with E-state index in [0.29, 0.717) is 29.1 Å². The number of rotatable bonds is 5. The van der Waals surface area contributed by atoms with Crippen molar-refractivity contribution in [1.29, 1.82) is 5.26 Å². The van der Waals surface area contributed by atoms with Crippen molar-refractivity contribution in [3.8, 4) is 17.5 Å². The van der Waals surface area contributed by atoms with E-state index in [9.17, 15) is 36.0 Å². The van der Waals surface area contributed by atoms with Crippen LogP contribution in [-0.4, -0.2) is 40.4 Å². The molecule has 7 nitrogen and oxygen atoms in total. The molecule has 3 aromatic rings. The Morgan fingerprint density at radius 1 is 1.24 bits per heavy atom. The Balaban J connectivity index is 1.88. The van der Waals surface area contributed by atoms with Gasteiger partial charge in [-0.25, -0.2) is 17.1 Å². The molecular formula is C25H24F4N4O3S. The van der Waals surface area contributed by atoms with Crippen LogP contribution in [0.2, 0.25) is 0 Å². The summed E-state index contributed by atoms with van der Waals surface area (Å²) in [7, 11) is -4.88. The molecule has 196 valence electrons. The molecule has 2 aromatic heterocycles. The lowest BCUT2D eigenvalue weighted by atomic mass is 10.1. The number of carbonyl (C=O) groups is 1. The molecule has 1 amide bonds. The molecule has 4 rings (SSSR count). The van der Waals surface area contributed by atoms with Crippen LogP contribution < -0.4 is 0 Å². The largest absolute Gasteiger partial charge is 0.409 e. The first-order chi connectivity index (χ1) is 17.3. The molecule has 2 heterocycles. The van der Waals surface area contributed by atoms with E-state index in [0.717, 1.165) is 44.9 Å². The summed E-state index contributed by atoms with van der Waals surface area (Å²) in [6, 6.07) is 4.84. The van der Waals surface area contributed by atoms with Crippen molar-refractivity contribution in [3.05, 3.63) is 47.4 Å². The van der Waals surface area contributed by atoms with Gasteiger partial charge in [-0.15, -0.1) is 0 Å². The Morgan fingerprint density at radius 3 is 2.41 bits per heavy atom. The number of aryl methyl sites for hydroxylation is 1. The lowest BCUT2D eigenvalue weighted by Crippen LogP contribution is -2.49. The highest BCUT2D eigenvalue weighted by Crippen LogP contribution is 2.41. The Morgan fingerprint density at radius 2 is 1.89 bits per heavy atom. The fraction of sp³-hybridized carbons (Fsp3) is 0.400. The molecule has 1 saturated carbocycles. The van der Waals surface area contributed by atoms with Gasteiger partial charge in [-0.2, -0.15) is 18.4 Å². The fourth-order valence-electron chi connectivity index (χ4n) is 4.91. The zero-order chi connectivity index (χ0) is 27.3. The quantitative estimate of drug-likeness (QED) is 0.394. The Hall–Kier alpha value is -3.46. The third-order valence-electron chi connectivity index (χ3n) is 6.76. The van der Waals surface area contributed by atoms with Gasteiger partial charge in [0.15, 0.2) is 0 Å². The summed E-state index contributed by atoms with van der Waals surface area (Å²) < 4.78 is 82.0. The van der Waals surface area contributed by atoms with Crippen molar-refractivity contribution < 1.29 is 30.8 Å². The summed E-state index contributed by atoms with van der Waals surface area (Å²) in [4.78, 5) is 15.5. The van der Waals surface area contributed by atoms with Crippen molar-refractivity contribution in [2.75, 3.05) is 0 Å². The summed E-state index contributed by atoms with van der Waals surface area (Å²) in [5.74, 6) is -1.77. The van der Waals surface area contributed by atoms with Gasteiger partial charge in [0.2, 0.25) is 5.91 Å². The summed E-state index contributed by atoms with van der Waals surface area (Å²) >= 11 is 0. The third-order valence-corrected chi connectivity index (χ3v) is 8.69. The Bertz CT molecular complexity index is 1520. The minimum absolute atomic E-state index is 0.00973. The average molecular weight is 537 g/mol. The number of halogens is 4. The third kappa shape index (κ3) is 4.56. The normalized spacial score (nSPS) is 15.6. The van der Waals surface area contributed by atoms with E-state index in [-0.39, 0.29) is 21.6 Å². The molecule has 0 aliphatic heterocycles. The van der Waals surface area contributed by atoms with Crippen LogP contribution in [0.3, 0.4) is 0 Å². The van der Waals surface area contributed by atoms with Crippen LogP contribution in [0.25, 0.3) is 22.3 Å². The van der Waals surface area contributed by atoms with Crippen LogP contribution in [0, 0.1) is 24.1 Å². The van der Waals surface area contributed by atoms with Gasteiger partial charge in [0, 0.05) is 24.5 Å². The van der Waals surface area contributed by atoms with Gasteiger partial charge in [-0.3, -0.25) is 9.78 Å². The lowest BCUT2D eigenvalue weighted by Gasteiger charge is -2.28. The zero-order valence-electron chi connectivity index (χ0n) is 20.3. The van der Waals surface area contributed by atoms with Crippen LogP contribution in [0.5, 0.6) is 0 Å². The molecule has 1 fully saturated rings. The molecule has 0 radical (unpaired) electrons. The van der Waals surface area contributed by atoms with Crippen molar-refractivity contribution in [2.24, 2.45) is 0 Å². The molecule has 37 heavy (non-hydrogen) atoms. The second kappa shape index (κ2) is 9.45. The van der Waals surface area contributed by atoms with Gasteiger partial charge in [0.05, 0.1) is 22.5 Å². The highest BCUT2D eigenvalue weighted by Gasteiger charge is 2.46. The second-order valence-corrected chi connectivity index (χ2v) is 11.0. The monoisotopic (exact) mass is 536 g/mol. The number of hydrogen-bond acceptors (Lipinski definition) is 5. The van der Waals surface area contributed by atoms with E-state index in [1.54, 1.807) is 13.0 Å². The predicted molar refractivity (Wildman–Crippen MR) is 127 cm³/mol. The van der Waals surface area contributed by atoms with E-state index in [1.807, 2.05) is 4.57 Å². The topological polar surface area (TPSA) is 96.1 Å². The maximum absolute atomic E-state index is 14.4. The van der Waals surface area contributed by atoms with Crippen LogP contribution in [0.4, 0.5) is 17.6 Å². The highest BCUT2D eigenvalue weighted by molar-refractivity contribution is 7.89. The zero-order valence-corrected chi connectivity index (χ0v) is 21.1. The maximum atomic E-state index is 14.4. The molecular weight excluding hydrogens is 512 g/mol. The molecule has 0 saturated heterocycles. The number of nitriles is 1. The summed E-state index contributed by atoms with van der Waals surface area (Å²) in [5, 5.41) is 10.4. The standard InChI is InChI=1S/C25H24F4N4O3S/c1-14-10-23-19(11-21(14)26)20(12-30)24(32(23)17-6-4-5-7-17)22-9-8-18(13-31-22)37(35,36)33(16(3)34)15(2)25(27,28)29/h8-11,13,15,17H,4-7H2,1-3H3. The van der Waals surface area contributed by atoms with Crippen molar-refractivity contribution in [1.82, 2.24) is 13.9 Å². The van der Waals surface area contributed by atoms with E-state index in [4.69, 9.17) is 0 Å². The molecule has 12 heteroatoms. The van der Waals surface area contributed by atoms with Gasteiger partial charge >= 0.3 is 6.18 Å². The fourth-order valence-corrected chi connectivity index (χ4v) is 6.44. The number of nitrogens with zero attached hydrogens (tertiary/aromatic N) is 4. The first kappa shape index (κ1) is 26.6. The second-order valence-electron chi connectivity index (χ2n) is 9.18. The molecule has 1 aliphatic rings. The smallest absolute Gasteiger partial charge is 0.335 e. The van der Waals surface area contributed by atoms with Crippen molar-refractivity contribution >= 4 is 26.8 Å². The first-order valence-electron chi connectivity index (χ1n) is 11.6. The van der Waals surface area contributed by atoms with Crippen LogP contribution >= 0.6 is 0 Å². The average Bonchev–Trinajstić information content (AvgIpc) is 3.44. The molecule has 1 atom stereocenters. The SMILES string of the molecule is CC(=O)N(C(C)C(F)(F)F)S(=O)(=O)c1ccc(-c2c(C#N)c3cc(F)c(C)cc3n2C2CCCC2)nc1. The number of amides is 1. The van der Waals surface area contributed by atoms with E-state index in [2.05, 4.69) is 11.1 Å². The maximum Gasteiger partial charge on any atom is 0.409 e. The minimum atomic E-state index is -4.97. The number of hydrogen-bond donors (Lipinski definition) is 0.